The van der Waals surface area contributed by atoms with Crippen LogP contribution < -0.4 is 5.32 Å². The van der Waals surface area contributed by atoms with Crippen molar-refractivity contribution in [2.24, 2.45) is 5.92 Å². The summed E-state index contributed by atoms with van der Waals surface area (Å²) in [5, 5.41) is 2.80. The minimum absolute atomic E-state index is 0.391. The molecule has 0 saturated heterocycles. The standard InChI is InChI=1S/C18H19NO2/c1-13(2)12-18(14-8-4-3-5-9-14)15-10-6-7-11-16(15)19-17(20)21-18/h3-11,13H,12H2,1-2H3,(H,19,20). The van der Waals surface area contributed by atoms with Crippen LogP contribution in [0.5, 0.6) is 0 Å². The molecule has 1 heterocycles. The van der Waals surface area contributed by atoms with Gasteiger partial charge >= 0.3 is 6.09 Å². The van der Waals surface area contributed by atoms with Crippen molar-refractivity contribution in [2.75, 3.05) is 5.32 Å². The van der Waals surface area contributed by atoms with Crippen LogP contribution in [0.1, 0.15) is 31.4 Å². The summed E-state index contributed by atoms with van der Waals surface area (Å²) in [6.45, 7) is 4.28. The molecule has 0 spiro atoms. The summed E-state index contributed by atoms with van der Waals surface area (Å²) in [5.74, 6) is 0.393. The molecule has 3 rings (SSSR count). The van der Waals surface area contributed by atoms with Crippen molar-refractivity contribution in [2.45, 2.75) is 25.9 Å². The maximum absolute atomic E-state index is 12.1. The van der Waals surface area contributed by atoms with Crippen molar-refractivity contribution in [3.05, 3.63) is 65.7 Å². The zero-order valence-corrected chi connectivity index (χ0v) is 12.3. The van der Waals surface area contributed by atoms with Gasteiger partial charge in [0, 0.05) is 11.1 Å². The lowest BCUT2D eigenvalue weighted by Crippen LogP contribution is -2.41. The summed E-state index contributed by atoms with van der Waals surface area (Å²) in [7, 11) is 0. The van der Waals surface area contributed by atoms with Gasteiger partial charge < -0.3 is 4.74 Å². The average Bonchev–Trinajstić information content (AvgIpc) is 2.47. The number of hydrogen-bond donors (Lipinski definition) is 1. The lowest BCUT2D eigenvalue weighted by atomic mass is 9.78. The Balaban J connectivity index is 2.23. The Bertz CT molecular complexity index is 651. The van der Waals surface area contributed by atoms with Crippen molar-refractivity contribution in [3.63, 3.8) is 0 Å². The number of carbonyl (C=O) groups excluding carboxylic acids is 1. The third kappa shape index (κ3) is 2.40. The van der Waals surface area contributed by atoms with Crippen LogP contribution in [-0.4, -0.2) is 6.09 Å². The molecule has 0 fully saturated rings. The van der Waals surface area contributed by atoms with Crippen molar-refractivity contribution in [3.8, 4) is 0 Å². The molecule has 1 aliphatic heterocycles. The second-order valence-electron chi connectivity index (χ2n) is 5.85. The van der Waals surface area contributed by atoms with E-state index in [-0.39, 0.29) is 0 Å². The number of amides is 1. The number of nitrogens with one attached hydrogen (secondary N) is 1. The van der Waals surface area contributed by atoms with E-state index in [4.69, 9.17) is 4.74 Å². The molecule has 1 unspecified atom stereocenters. The molecule has 1 aliphatic rings. The van der Waals surface area contributed by atoms with E-state index in [1.165, 1.54) is 0 Å². The second kappa shape index (κ2) is 5.24. The Morgan fingerprint density at radius 1 is 1.05 bits per heavy atom. The Morgan fingerprint density at radius 2 is 1.71 bits per heavy atom. The predicted molar refractivity (Wildman–Crippen MR) is 83.2 cm³/mol. The summed E-state index contributed by atoms with van der Waals surface area (Å²) in [4.78, 5) is 12.1. The monoisotopic (exact) mass is 281 g/mol. The van der Waals surface area contributed by atoms with E-state index in [9.17, 15) is 4.79 Å². The third-order valence-electron chi connectivity index (χ3n) is 3.80. The van der Waals surface area contributed by atoms with Gasteiger partial charge in [0.15, 0.2) is 5.60 Å². The molecule has 0 aromatic heterocycles. The molecule has 108 valence electrons. The molecule has 1 N–H and O–H groups in total. The van der Waals surface area contributed by atoms with Gasteiger partial charge in [-0.1, -0.05) is 62.4 Å². The van der Waals surface area contributed by atoms with Crippen molar-refractivity contribution in [1.29, 1.82) is 0 Å². The van der Waals surface area contributed by atoms with Crippen molar-refractivity contribution in [1.82, 2.24) is 0 Å². The van der Waals surface area contributed by atoms with E-state index in [0.717, 1.165) is 23.2 Å². The zero-order valence-electron chi connectivity index (χ0n) is 12.3. The summed E-state index contributed by atoms with van der Waals surface area (Å²) >= 11 is 0. The number of cyclic esters (lactones) is 1. The fourth-order valence-corrected chi connectivity index (χ4v) is 3.06. The first-order chi connectivity index (χ1) is 10.1. The molecule has 1 amide bonds. The Morgan fingerprint density at radius 3 is 2.43 bits per heavy atom. The number of ether oxygens (including phenoxy) is 1. The quantitative estimate of drug-likeness (QED) is 0.897. The summed E-state index contributed by atoms with van der Waals surface area (Å²) in [6.07, 6.45) is 0.361. The lowest BCUT2D eigenvalue weighted by Gasteiger charge is -2.40. The molecule has 3 heteroatoms. The number of carbonyl (C=O) groups is 1. The fraction of sp³-hybridized carbons (Fsp3) is 0.278. The van der Waals surface area contributed by atoms with Crippen molar-refractivity contribution < 1.29 is 9.53 Å². The molecule has 0 aliphatic carbocycles. The number of anilines is 1. The smallest absolute Gasteiger partial charge is 0.412 e. The van der Waals surface area contributed by atoms with Crippen LogP contribution in [0.15, 0.2) is 54.6 Å². The number of benzene rings is 2. The highest BCUT2D eigenvalue weighted by atomic mass is 16.6. The molecule has 0 saturated carbocycles. The highest BCUT2D eigenvalue weighted by Gasteiger charge is 2.43. The maximum atomic E-state index is 12.1. The second-order valence-corrected chi connectivity index (χ2v) is 5.85. The lowest BCUT2D eigenvalue weighted by molar-refractivity contribution is 0.0279. The number of rotatable bonds is 3. The zero-order chi connectivity index (χ0) is 14.9. The van der Waals surface area contributed by atoms with Gasteiger partial charge in [0.1, 0.15) is 0 Å². The largest absolute Gasteiger partial charge is 0.433 e. The van der Waals surface area contributed by atoms with Gasteiger partial charge in [-0.25, -0.2) is 4.79 Å². The number of hydrogen-bond acceptors (Lipinski definition) is 2. The Kier molecular flexibility index (Phi) is 3.42. The van der Waals surface area contributed by atoms with Gasteiger partial charge in [0.25, 0.3) is 0 Å². The Hall–Kier alpha value is -2.29. The maximum Gasteiger partial charge on any atom is 0.412 e. The van der Waals surface area contributed by atoms with Crippen LogP contribution in [0.3, 0.4) is 0 Å². The van der Waals surface area contributed by atoms with Crippen LogP contribution in [0.25, 0.3) is 0 Å². The molecule has 1 atom stereocenters. The van der Waals surface area contributed by atoms with Gasteiger partial charge in [-0.05, 0) is 18.4 Å². The topological polar surface area (TPSA) is 38.3 Å². The van der Waals surface area contributed by atoms with Gasteiger partial charge in [-0.2, -0.15) is 0 Å². The van der Waals surface area contributed by atoms with E-state index < -0.39 is 11.7 Å². The van der Waals surface area contributed by atoms with Gasteiger partial charge in [0.2, 0.25) is 0 Å². The van der Waals surface area contributed by atoms with Gasteiger partial charge in [-0.3, -0.25) is 5.32 Å². The van der Waals surface area contributed by atoms with Crippen LogP contribution in [0.2, 0.25) is 0 Å². The van der Waals surface area contributed by atoms with E-state index in [2.05, 4.69) is 19.2 Å². The highest BCUT2D eigenvalue weighted by molar-refractivity contribution is 5.89. The number of fused-ring (bicyclic) bond motifs is 1. The molecule has 3 nitrogen and oxygen atoms in total. The normalized spacial score (nSPS) is 20.6. The minimum Gasteiger partial charge on any atom is -0.433 e. The summed E-state index contributed by atoms with van der Waals surface area (Å²) in [5.41, 5.74) is 2.15. The van der Waals surface area contributed by atoms with E-state index >= 15 is 0 Å². The van der Waals surface area contributed by atoms with Crippen LogP contribution in [-0.2, 0) is 10.3 Å². The SMILES string of the molecule is CC(C)CC1(c2ccccc2)OC(=O)Nc2ccccc21. The third-order valence-corrected chi connectivity index (χ3v) is 3.80. The molecule has 0 radical (unpaired) electrons. The number of para-hydroxylation sites is 1. The van der Waals surface area contributed by atoms with Crippen LogP contribution >= 0.6 is 0 Å². The first kappa shape index (κ1) is 13.7. The van der Waals surface area contributed by atoms with Crippen LogP contribution in [0.4, 0.5) is 10.5 Å². The van der Waals surface area contributed by atoms with Crippen LogP contribution in [0, 0.1) is 5.92 Å². The predicted octanol–water partition coefficient (Wildman–Crippen LogP) is 4.54. The fourth-order valence-electron chi connectivity index (χ4n) is 3.06. The summed E-state index contributed by atoms with van der Waals surface area (Å²) < 4.78 is 5.85. The van der Waals surface area contributed by atoms with Crippen molar-refractivity contribution >= 4 is 11.8 Å². The van der Waals surface area contributed by atoms with Gasteiger partial charge in [0.05, 0.1) is 5.69 Å². The Labute approximate surface area is 124 Å². The molecule has 2 aromatic carbocycles. The first-order valence-electron chi connectivity index (χ1n) is 7.27. The van der Waals surface area contributed by atoms with E-state index in [1.54, 1.807) is 0 Å². The molecule has 21 heavy (non-hydrogen) atoms. The molecule has 2 aromatic rings. The van der Waals surface area contributed by atoms with E-state index in [1.807, 2.05) is 54.6 Å². The average molecular weight is 281 g/mol. The summed E-state index contributed by atoms with van der Waals surface area (Å²) in [6, 6.07) is 17.9. The van der Waals surface area contributed by atoms with Gasteiger partial charge in [-0.15, -0.1) is 0 Å². The first-order valence-corrected chi connectivity index (χ1v) is 7.27. The minimum atomic E-state index is -0.714. The molecular weight excluding hydrogens is 262 g/mol. The van der Waals surface area contributed by atoms with E-state index in [0.29, 0.717) is 5.92 Å². The molecule has 0 bridgehead atoms. The highest BCUT2D eigenvalue weighted by Crippen LogP contribution is 2.45. The molecular formula is C18H19NO2.